The first kappa shape index (κ1) is 26.4. The van der Waals surface area contributed by atoms with Crippen molar-refractivity contribution in [1.29, 1.82) is 0 Å². The number of pyridine rings is 1. The lowest BCUT2D eigenvalue weighted by Gasteiger charge is -2.26. The molecule has 0 bridgehead atoms. The number of hydrogen-bond donors (Lipinski definition) is 0. The monoisotopic (exact) mass is 532 g/mol. The molecule has 1 aliphatic rings. The summed E-state index contributed by atoms with van der Waals surface area (Å²) in [5.41, 5.74) is 8.71. The molecule has 2 heteroatoms. The van der Waals surface area contributed by atoms with Gasteiger partial charge in [0.25, 0.3) is 0 Å². The highest BCUT2D eigenvalue weighted by atomic mass is 32.2. The molecule has 0 N–H and O–H groups in total. The molecule has 0 saturated heterocycles. The standard InChI is InChI=1S/C37H42NS/c1-21(2)16-25-12-13-28-30(19-25)24(7)33-36-35-29(14-15-38(36)8)34-26(17-22(3)4)10-9-11-27(34)20-32(35)39-37(33)31(28)18-23(5)6/h9-15,19-23H,16-18H2,1-8H3/q+1. The lowest BCUT2D eigenvalue weighted by Crippen LogP contribution is -2.32. The molecule has 0 radical (unpaired) electrons. The minimum Gasteiger partial charge on any atom is -0.200 e. The van der Waals surface area contributed by atoms with Gasteiger partial charge in [0.1, 0.15) is 7.05 Å². The van der Waals surface area contributed by atoms with Gasteiger partial charge in [-0.3, -0.25) is 0 Å². The van der Waals surface area contributed by atoms with Gasteiger partial charge in [-0.25, -0.2) is 4.57 Å². The number of aromatic nitrogens is 1. The molecule has 1 aromatic heterocycles. The number of benzene rings is 4. The van der Waals surface area contributed by atoms with Crippen LogP contribution in [0.2, 0.25) is 0 Å². The van der Waals surface area contributed by atoms with Crippen molar-refractivity contribution in [1.82, 2.24) is 0 Å². The highest BCUT2D eigenvalue weighted by molar-refractivity contribution is 8.00. The fourth-order valence-corrected chi connectivity index (χ4v) is 8.22. The Morgan fingerprint density at radius 2 is 1.49 bits per heavy atom. The predicted molar refractivity (Wildman–Crippen MR) is 170 cm³/mol. The second-order valence-electron chi connectivity index (χ2n) is 13.0. The van der Waals surface area contributed by atoms with Crippen LogP contribution in [0.15, 0.2) is 64.5 Å². The first-order valence-corrected chi connectivity index (χ1v) is 15.6. The largest absolute Gasteiger partial charge is 0.222 e. The van der Waals surface area contributed by atoms with Crippen LogP contribution in [0.25, 0.3) is 43.6 Å². The number of fused-ring (bicyclic) bond motifs is 5. The summed E-state index contributed by atoms with van der Waals surface area (Å²) in [5, 5.41) is 8.52. The molecule has 0 fully saturated rings. The Morgan fingerprint density at radius 1 is 0.744 bits per heavy atom. The molecule has 1 nitrogen and oxygen atoms in total. The lowest BCUT2D eigenvalue weighted by molar-refractivity contribution is -0.659. The van der Waals surface area contributed by atoms with Crippen LogP contribution in [-0.4, -0.2) is 0 Å². The van der Waals surface area contributed by atoms with E-state index in [0.29, 0.717) is 17.8 Å². The van der Waals surface area contributed by atoms with E-state index in [1.54, 1.807) is 0 Å². The van der Waals surface area contributed by atoms with Gasteiger partial charge in [-0.1, -0.05) is 89.7 Å². The van der Waals surface area contributed by atoms with Crippen LogP contribution in [-0.2, 0) is 26.3 Å². The third kappa shape index (κ3) is 4.45. The third-order valence-electron chi connectivity index (χ3n) is 8.33. The molecule has 0 amide bonds. The SMILES string of the molecule is Cc1c2c(c(CC(C)C)c3ccc(CC(C)C)cc13)Sc1cc3cccc(CC(C)C)c3c3cc[n+](C)c-2c13. The van der Waals surface area contributed by atoms with E-state index in [4.69, 9.17) is 0 Å². The molecule has 4 aromatic carbocycles. The Bertz CT molecular complexity index is 1760. The van der Waals surface area contributed by atoms with Gasteiger partial charge in [0.15, 0.2) is 6.20 Å². The molecule has 39 heavy (non-hydrogen) atoms. The summed E-state index contributed by atoms with van der Waals surface area (Å²) in [5.74, 6) is 1.87. The number of rotatable bonds is 6. The maximum Gasteiger partial charge on any atom is 0.222 e. The zero-order chi connectivity index (χ0) is 27.6. The number of nitrogens with zero attached hydrogens (tertiary/aromatic N) is 1. The minimum atomic E-state index is 0.595. The lowest BCUT2D eigenvalue weighted by atomic mass is 9.86. The van der Waals surface area contributed by atoms with Crippen LogP contribution in [0, 0.1) is 24.7 Å². The summed E-state index contributed by atoms with van der Waals surface area (Å²) in [6.07, 6.45) is 5.62. The Hall–Kier alpha value is -2.84. The molecular formula is C37H42NS+. The fraction of sp³-hybridized carbons (Fsp3) is 0.378. The Kier molecular flexibility index (Phi) is 6.74. The van der Waals surface area contributed by atoms with Gasteiger partial charge in [-0.05, 0) is 93.8 Å². The minimum absolute atomic E-state index is 0.595. The predicted octanol–water partition coefficient (Wildman–Crippen LogP) is 10.0. The van der Waals surface area contributed by atoms with Gasteiger partial charge < -0.3 is 0 Å². The van der Waals surface area contributed by atoms with Crippen molar-refractivity contribution in [3.63, 3.8) is 0 Å². The van der Waals surface area contributed by atoms with E-state index in [0.717, 1.165) is 19.3 Å². The maximum atomic E-state index is 2.50. The molecule has 6 rings (SSSR count). The summed E-state index contributed by atoms with van der Waals surface area (Å²) in [4.78, 5) is 2.87. The molecule has 0 saturated carbocycles. The first-order chi connectivity index (χ1) is 18.6. The molecule has 0 aliphatic carbocycles. The van der Waals surface area contributed by atoms with Crippen molar-refractivity contribution in [2.24, 2.45) is 24.8 Å². The molecule has 200 valence electrons. The molecule has 0 unspecified atom stereocenters. The van der Waals surface area contributed by atoms with Crippen LogP contribution >= 0.6 is 11.8 Å². The quantitative estimate of drug-likeness (QED) is 0.152. The average Bonchev–Trinajstić information content (AvgIpc) is 2.87. The maximum absolute atomic E-state index is 2.50. The van der Waals surface area contributed by atoms with E-state index in [1.165, 1.54) is 75.6 Å². The van der Waals surface area contributed by atoms with E-state index < -0.39 is 0 Å². The summed E-state index contributed by atoms with van der Waals surface area (Å²) in [7, 11) is 2.24. The summed E-state index contributed by atoms with van der Waals surface area (Å²) >= 11 is 2.02. The van der Waals surface area contributed by atoms with E-state index in [2.05, 4.69) is 115 Å². The van der Waals surface area contributed by atoms with E-state index in [9.17, 15) is 0 Å². The van der Waals surface area contributed by atoms with Gasteiger partial charge in [-0.2, -0.15) is 0 Å². The topological polar surface area (TPSA) is 3.88 Å². The van der Waals surface area contributed by atoms with E-state index in [1.807, 2.05) is 11.8 Å². The van der Waals surface area contributed by atoms with Crippen molar-refractivity contribution in [2.45, 2.75) is 77.5 Å². The Morgan fingerprint density at radius 3 is 2.21 bits per heavy atom. The van der Waals surface area contributed by atoms with Crippen LogP contribution in [0.4, 0.5) is 0 Å². The van der Waals surface area contributed by atoms with Gasteiger partial charge in [-0.15, -0.1) is 0 Å². The molecule has 0 spiro atoms. The number of hydrogen-bond acceptors (Lipinski definition) is 1. The third-order valence-corrected chi connectivity index (χ3v) is 9.53. The number of aryl methyl sites for hydroxylation is 2. The zero-order valence-corrected chi connectivity index (χ0v) is 25.7. The summed E-state index contributed by atoms with van der Waals surface area (Å²) in [6.45, 7) is 16.4. The smallest absolute Gasteiger partial charge is 0.200 e. The molecule has 0 atom stereocenters. The molecule has 2 heterocycles. The second-order valence-corrected chi connectivity index (χ2v) is 14.1. The second kappa shape index (κ2) is 9.97. The van der Waals surface area contributed by atoms with Crippen molar-refractivity contribution in [3.05, 3.63) is 77.0 Å². The van der Waals surface area contributed by atoms with Crippen LogP contribution in [0.3, 0.4) is 0 Å². The normalized spacial score (nSPS) is 13.0. The van der Waals surface area contributed by atoms with Gasteiger partial charge in [0.05, 0.1) is 10.9 Å². The highest BCUT2D eigenvalue weighted by Crippen LogP contribution is 2.53. The van der Waals surface area contributed by atoms with Crippen LogP contribution in [0.1, 0.15) is 63.8 Å². The van der Waals surface area contributed by atoms with E-state index >= 15 is 0 Å². The van der Waals surface area contributed by atoms with Crippen LogP contribution in [0.5, 0.6) is 0 Å². The first-order valence-electron chi connectivity index (χ1n) is 14.8. The molecular weight excluding hydrogens is 490 g/mol. The van der Waals surface area contributed by atoms with Gasteiger partial charge in [0.2, 0.25) is 5.69 Å². The summed E-state index contributed by atoms with van der Waals surface area (Å²) in [6, 6.07) is 19.1. The van der Waals surface area contributed by atoms with Crippen LogP contribution < -0.4 is 4.57 Å². The Labute approximate surface area is 238 Å². The fourth-order valence-electron chi connectivity index (χ4n) is 6.84. The highest BCUT2D eigenvalue weighted by Gasteiger charge is 2.32. The summed E-state index contributed by atoms with van der Waals surface area (Å²) < 4.78 is 2.39. The zero-order valence-electron chi connectivity index (χ0n) is 24.9. The van der Waals surface area contributed by atoms with Crippen molar-refractivity contribution >= 4 is 44.1 Å². The van der Waals surface area contributed by atoms with Crippen molar-refractivity contribution in [2.75, 3.05) is 0 Å². The molecule has 1 aliphatic heterocycles. The van der Waals surface area contributed by atoms with E-state index in [-0.39, 0.29) is 0 Å². The Balaban J connectivity index is 1.74. The van der Waals surface area contributed by atoms with Gasteiger partial charge >= 0.3 is 0 Å². The van der Waals surface area contributed by atoms with Crippen molar-refractivity contribution in [3.8, 4) is 11.3 Å². The van der Waals surface area contributed by atoms with Gasteiger partial charge in [0, 0.05) is 21.2 Å². The molecule has 5 aromatic rings. The van der Waals surface area contributed by atoms with Crippen molar-refractivity contribution < 1.29 is 4.57 Å². The average molecular weight is 533 g/mol.